The van der Waals surface area contributed by atoms with Crippen LogP contribution < -0.4 is 5.73 Å². The number of benzene rings is 3. The zero-order valence-corrected chi connectivity index (χ0v) is 23.6. The van der Waals surface area contributed by atoms with Gasteiger partial charge in [0.25, 0.3) is 0 Å². The highest BCUT2D eigenvalue weighted by atomic mass is 14.7. The number of hydrogen-bond acceptors (Lipinski definition) is 2. The summed E-state index contributed by atoms with van der Waals surface area (Å²) < 4.78 is 0. The van der Waals surface area contributed by atoms with E-state index < -0.39 is 0 Å². The topological polar surface area (TPSA) is 38.9 Å². The van der Waals surface area contributed by atoms with Crippen molar-refractivity contribution in [1.82, 2.24) is 4.98 Å². The largest absolute Gasteiger partial charge is 0.405 e. The molecule has 2 nitrogen and oxygen atoms in total. The van der Waals surface area contributed by atoms with Crippen LogP contribution >= 0.6 is 0 Å². The molecular weight excluding hydrogens is 484 g/mol. The summed E-state index contributed by atoms with van der Waals surface area (Å²) in [6.07, 6.45) is 15.7. The molecule has 1 heterocycles. The van der Waals surface area contributed by atoms with Crippen LogP contribution in [0.3, 0.4) is 0 Å². The van der Waals surface area contributed by atoms with Crippen molar-refractivity contribution in [2.75, 3.05) is 0 Å². The van der Waals surface area contributed by atoms with Crippen molar-refractivity contribution in [3.05, 3.63) is 168 Å². The van der Waals surface area contributed by atoms with E-state index in [4.69, 9.17) is 10.7 Å². The van der Waals surface area contributed by atoms with E-state index in [0.29, 0.717) is 0 Å². The third-order valence-electron chi connectivity index (χ3n) is 6.94. The molecule has 0 saturated heterocycles. The normalized spacial score (nSPS) is 12.7. The van der Waals surface area contributed by atoms with Crippen LogP contribution in [0.15, 0.2) is 146 Å². The van der Waals surface area contributed by atoms with Crippen molar-refractivity contribution in [1.29, 1.82) is 0 Å². The van der Waals surface area contributed by atoms with E-state index in [9.17, 15) is 0 Å². The summed E-state index contributed by atoms with van der Waals surface area (Å²) in [4.78, 5) is 4.87. The van der Waals surface area contributed by atoms with Gasteiger partial charge in [-0.05, 0) is 101 Å². The number of rotatable bonds is 9. The molecule has 2 N–H and O–H groups in total. The molecule has 0 saturated carbocycles. The summed E-state index contributed by atoms with van der Waals surface area (Å²) in [6.45, 7) is 14.7. The number of allylic oxidation sites excluding steroid dienone is 10. The fourth-order valence-corrected chi connectivity index (χ4v) is 4.49. The minimum Gasteiger partial charge on any atom is -0.405 e. The first-order valence-corrected chi connectivity index (χ1v) is 13.4. The molecule has 0 fully saturated rings. The number of hydrogen-bond donors (Lipinski definition) is 1. The Kier molecular flexibility index (Phi) is 9.27. The van der Waals surface area contributed by atoms with Gasteiger partial charge in [-0.3, -0.25) is 0 Å². The number of nitrogens with zero attached hydrogens (tertiary/aromatic N) is 1. The predicted octanol–water partition coefficient (Wildman–Crippen LogP) is 9.87. The summed E-state index contributed by atoms with van der Waals surface area (Å²) >= 11 is 0. The van der Waals surface area contributed by atoms with Crippen LogP contribution in [0, 0.1) is 6.92 Å². The second-order valence-corrected chi connectivity index (χ2v) is 9.70. The molecule has 2 heteroatoms. The molecule has 4 rings (SSSR count). The molecule has 198 valence electrons. The van der Waals surface area contributed by atoms with Gasteiger partial charge in [0.1, 0.15) is 0 Å². The van der Waals surface area contributed by atoms with E-state index in [2.05, 4.69) is 106 Å². The Morgan fingerprint density at radius 1 is 0.850 bits per heavy atom. The zero-order valence-electron chi connectivity index (χ0n) is 23.6. The zero-order chi connectivity index (χ0) is 28.5. The lowest BCUT2D eigenvalue weighted by molar-refractivity contribution is 1.26. The van der Waals surface area contributed by atoms with Gasteiger partial charge in [0.15, 0.2) is 0 Å². The van der Waals surface area contributed by atoms with Gasteiger partial charge in [-0.25, -0.2) is 4.98 Å². The molecule has 1 aromatic heterocycles. The van der Waals surface area contributed by atoms with Crippen LogP contribution in [0.25, 0.3) is 39.3 Å². The first-order valence-electron chi connectivity index (χ1n) is 13.4. The Morgan fingerprint density at radius 3 is 2.40 bits per heavy atom. The Labute approximate surface area is 238 Å². The molecular formula is C38H36N2. The lowest BCUT2D eigenvalue weighted by atomic mass is 9.96. The van der Waals surface area contributed by atoms with Crippen LogP contribution in [0.4, 0.5) is 0 Å². The highest BCUT2D eigenvalue weighted by Gasteiger charge is 2.06. The summed E-state index contributed by atoms with van der Waals surface area (Å²) in [6, 6.07) is 27.4. The van der Waals surface area contributed by atoms with Gasteiger partial charge in [0.05, 0.1) is 11.4 Å². The lowest BCUT2D eigenvalue weighted by Gasteiger charge is -2.09. The fraction of sp³-hybridized carbons (Fsp3) is 0.0789. The van der Waals surface area contributed by atoms with Crippen molar-refractivity contribution < 1.29 is 0 Å². The highest BCUT2D eigenvalue weighted by Crippen LogP contribution is 2.27. The van der Waals surface area contributed by atoms with E-state index in [1.54, 1.807) is 0 Å². The van der Waals surface area contributed by atoms with Gasteiger partial charge in [-0.15, -0.1) is 0 Å². The summed E-state index contributed by atoms with van der Waals surface area (Å²) in [5, 5.41) is 2.47. The van der Waals surface area contributed by atoms with Gasteiger partial charge in [0, 0.05) is 5.56 Å². The van der Waals surface area contributed by atoms with Crippen LogP contribution in [0.5, 0.6) is 0 Å². The fourth-order valence-electron chi connectivity index (χ4n) is 4.49. The second kappa shape index (κ2) is 13.2. The maximum atomic E-state index is 5.48. The third kappa shape index (κ3) is 6.73. The summed E-state index contributed by atoms with van der Waals surface area (Å²) in [5.74, 6) is 0. The number of aryl methyl sites for hydroxylation is 1. The SMILES string of the molecule is C=C(/C=C\C(=C/C)c1cccc2ccccc12)C(=C)/C=C\c1cc(-c2cccc(/C(C)=C/C=C\N)n2)ccc1C. The van der Waals surface area contributed by atoms with E-state index in [-0.39, 0.29) is 0 Å². The van der Waals surface area contributed by atoms with E-state index in [1.165, 1.54) is 28.1 Å². The maximum Gasteiger partial charge on any atom is 0.0709 e. The Morgan fingerprint density at radius 2 is 1.60 bits per heavy atom. The molecule has 0 aliphatic rings. The molecule has 0 aliphatic heterocycles. The molecule has 40 heavy (non-hydrogen) atoms. The van der Waals surface area contributed by atoms with E-state index in [1.807, 2.05) is 49.4 Å². The number of fused-ring (bicyclic) bond motifs is 1. The predicted molar refractivity (Wildman–Crippen MR) is 175 cm³/mol. The minimum atomic E-state index is 0.864. The monoisotopic (exact) mass is 520 g/mol. The van der Waals surface area contributed by atoms with Crippen LogP contribution in [0.2, 0.25) is 0 Å². The Hall–Kier alpha value is -4.95. The van der Waals surface area contributed by atoms with Gasteiger partial charge in [-0.1, -0.05) is 110 Å². The van der Waals surface area contributed by atoms with Crippen LogP contribution in [-0.4, -0.2) is 4.98 Å². The number of nitrogens with two attached hydrogens (primary N) is 1. The third-order valence-corrected chi connectivity index (χ3v) is 6.94. The van der Waals surface area contributed by atoms with Gasteiger partial charge >= 0.3 is 0 Å². The molecule has 0 atom stereocenters. The average Bonchev–Trinajstić information content (AvgIpc) is 2.99. The quantitative estimate of drug-likeness (QED) is 0.223. The van der Waals surface area contributed by atoms with Crippen molar-refractivity contribution in [2.24, 2.45) is 5.73 Å². The molecule has 0 unspecified atom stereocenters. The highest BCUT2D eigenvalue weighted by molar-refractivity contribution is 5.96. The van der Waals surface area contributed by atoms with Crippen molar-refractivity contribution in [3.8, 4) is 11.3 Å². The first-order chi connectivity index (χ1) is 19.4. The summed E-state index contributed by atoms with van der Waals surface area (Å²) in [5.41, 5.74) is 15.8. The van der Waals surface area contributed by atoms with Crippen LogP contribution in [0.1, 0.15) is 36.2 Å². The van der Waals surface area contributed by atoms with E-state index in [0.717, 1.165) is 44.8 Å². The first kappa shape index (κ1) is 28.1. The molecule has 0 bridgehead atoms. The molecule has 0 spiro atoms. The molecule has 4 aromatic rings. The molecule has 3 aromatic carbocycles. The van der Waals surface area contributed by atoms with E-state index >= 15 is 0 Å². The van der Waals surface area contributed by atoms with Crippen LogP contribution in [-0.2, 0) is 0 Å². The standard InChI is InChI=1S/C38H36N2/c1-6-31(35-16-9-14-32-13-7-8-15-36(32)35)22-19-27(2)28(3)20-23-33-26-34(24-21-29(33)4)38-18-10-17-37(40-38)30(5)12-11-25-39/h6-26H,2-3,39H2,1,4-5H3/b22-19-,23-20-,25-11-,30-12+,31-6+. The maximum absolute atomic E-state index is 5.48. The Bertz CT molecular complexity index is 1700. The Balaban J connectivity index is 1.52. The number of aromatic nitrogens is 1. The molecule has 0 amide bonds. The summed E-state index contributed by atoms with van der Waals surface area (Å²) in [7, 11) is 0. The average molecular weight is 521 g/mol. The minimum absolute atomic E-state index is 0.864. The molecule has 0 aliphatic carbocycles. The smallest absolute Gasteiger partial charge is 0.0709 e. The van der Waals surface area contributed by atoms with Gasteiger partial charge in [0.2, 0.25) is 0 Å². The lowest BCUT2D eigenvalue weighted by Crippen LogP contribution is -1.91. The number of pyridine rings is 1. The molecule has 0 radical (unpaired) electrons. The van der Waals surface area contributed by atoms with Gasteiger partial charge < -0.3 is 5.73 Å². The van der Waals surface area contributed by atoms with Gasteiger partial charge in [-0.2, -0.15) is 0 Å². The van der Waals surface area contributed by atoms with Crippen molar-refractivity contribution in [3.63, 3.8) is 0 Å². The second-order valence-electron chi connectivity index (χ2n) is 9.70. The van der Waals surface area contributed by atoms with Crippen molar-refractivity contribution in [2.45, 2.75) is 20.8 Å². The van der Waals surface area contributed by atoms with Crippen molar-refractivity contribution >= 4 is 28.0 Å².